The number of hydrogen-bond donors (Lipinski definition) is 0. The van der Waals surface area contributed by atoms with Crippen LogP contribution in [0.1, 0.15) is 25.7 Å². The molecule has 1 aliphatic carbocycles. The molecule has 24 heavy (non-hydrogen) atoms. The van der Waals surface area contributed by atoms with Crippen molar-refractivity contribution in [3.8, 4) is 0 Å². The molecule has 0 bridgehead atoms. The number of ketones is 1. The summed E-state index contributed by atoms with van der Waals surface area (Å²) in [7, 11) is -3.43. The lowest BCUT2D eigenvalue weighted by molar-refractivity contribution is -0.115. The second-order valence-electron chi connectivity index (χ2n) is 8.27. The minimum Gasteiger partial charge on any atom is -0.470 e. The second kappa shape index (κ2) is 8.92. The Labute approximate surface area is 148 Å². The van der Waals surface area contributed by atoms with Crippen LogP contribution < -0.4 is 0 Å². The van der Waals surface area contributed by atoms with Gasteiger partial charge in [0.1, 0.15) is 0 Å². The first kappa shape index (κ1) is 21.1. The molecule has 6 heteroatoms. The fraction of sp³-hybridized carbons (Fsp3) is 0.667. The van der Waals surface area contributed by atoms with E-state index in [1.807, 2.05) is 31.8 Å². The van der Waals surface area contributed by atoms with Gasteiger partial charge < -0.3 is 9.16 Å². The van der Waals surface area contributed by atoms with Crippen LogP contribution in [0.15, 0.2) is 23.8 Å². The molecule has 0 fully saturated rings. The van der Waals surface area contributed by atoms with Crippen molar-refractivity contribution < 1.29 is 18.8 Å². The van der Waals surface area contributed by atoms with E-state index < -0.39 is 16.4 Å². The number of Topliss-reactive ketones (excluding diaryl/α,β-unsaturated/α-hetero) is 1. The highest BCUT2D eigenvalue weighted by Crippen LogP contribution is 2.24. The van der Waals surface area contributed by atoms with Crippen LogP contribution in [0.3, 0.4) is 0 Å². The first-order valence-electron chi connectivity index (χ1n) is 8.73. The summed E-state index contributed by atoms with van der Waals surface area (Å²) < 4.78 is 11.2. The Morgan fingerprint density at radius 1 is 1.17 bits per heavy atom. The van der Waals surface area contributed by atoms with Crippen molar-refractivity contribution >= 4 is 27.8 Å². The molecule has 0 saturated heterocycles. The molecule has 0 unspecified atom stereocenters. The molecule has 0 aromatic heterocycles. The third kappa shape index (κ3) is 8.21. The smallest absolute Gasteiger partial charge is 0.271 e. The van der Waals surface area contributed by atoms with E-state index >= 15 is 0 Å². The largest absolute Gasteiger partial charge is 0.470 e. The Morgan fingerprint density at radius 2 is 1.79 bits per heavy atom. The Kier molecular flexibility index (Phi) is 7.83. The Bertz CT molecular complexity index is 510. The molecule has 0 amide bonds. The maximum Gasteiger partial charge on any atom is 0.271 e. The lowest BCUT2D eigenvalue weighted by Gasteiger charge is -2.21. The predicted octanol–water partition coefficient (Wildman–Crippen LogP) is 4.89. The van der Waals surface area contributed by atoms with Crippen LogP contribution in [-0.4, -0.2) is 40.5 Å². The van der Waals surface area contributed by atoms with E-state index in [-0.39, 0.29) is 17.5 Å². The highest BCUT2D eigenvalue weighted by molar-refractivity contribution is 7.02. The van der Waals surface area contributed by atoms with Gasteiger partial charge in [0.15, 0.2) is 22.2 Å². The summed E-state index contributed by atoms with van der Waals surface area (Å²) in [4.78, 5) is 23.6. The maximum atomic E-state index is 12.0. The maximum absolute atomic E-state index is 12.0. The van der Waals surface area contributed by atoms with E-state index in [1.165, 1.54) is 0 Å². The van der Waals surface area contributed by atoms with Crippen LogP contribution in [0, 0.1) is 0 Å². The monoisotopic (exact) mass is 368 g/mol. The molecule has 0 aromatic carbocycles. The van der Waals surface area contributed by atoms with E-state index in [0.29, 0.717) is 13.0 Å². The first-order chi connectivity index (χ1) is 11.0. The third-order valence-electron chi connectivity index (χ3n) is 3.51. The Balaban J connectivity index is 2.26. The lowest BCUT2D eigenvalue weighted by atomic mass is 10.1. The van der Waals surface area contributed by atoms with E-state index in [9.17, 15) is 9.59 Å². The second-order valence-corrected chi connectivity index (χ2v) is 17.6. The quantitative estimate of drug-likeness (QED) is 0.330. The Hall–Kier alpha value is -0.986. The van der Waals surface area contributed by atoms with E-state index in [0.717, 1.165) is 24.8 Å². The third-order valence-corrected chi connectivity index (χ3v) is 5.89. The van der Waals surface area contributed by atoms with Crippen molar-refractivity contribution in [1.29, 1.82) is 0 Å². The number of rotatable bonds is 9. The zero-order valence-corrected chi connectivity index (χ0v) is 18.0. The Morgan fingerprint density at radius 3 is 2.38 bits per heavy atom. The molecular weight excluding hydrogens is 336 g/mol. The number of hydrogen-bond acceptors (Lipinski definition) is 4. The summed E-state index contributed by atoms with van der Waals surface area (Å²) in [5.41, 5.74) is 0.860. The predicted molar refractivity (Wildman–Crippen MR) is 104 cm³/mol. The molecule has 1 atom stereocenters. The van der Waals surface area contributed by atoms with Crippen molar-refractivity contribution in [3.63, 3.8) is 0 Å². The minimum atomic E-state index is -1.82. The van der Waals surface area contributed by atoms with Crippen LogP contribution in [0.5, 0.6) is 0 Å². The normalized spacial score (nSPS) is 19.0. The molecule has 4 nitrogen and oxygen atoms in total. The molecule has 0 aliphatic heterocycles. The highest BCUT2D eigenvalue weighted by Gasteiger charge is 2.28. The van der Waals surface area contributed by atoms with Crippen LogP contribution in [0.2, 0.25) is 39.3 Å². The van der Waals surface area contributed by atoms with Crippen molar-refractivity contribution in [2.75, 3.05) is 6.61 Å². The van der Waals surface area contributed by atoms with E-state index in [4.69, 9.17) is 9.16 Å². The molecule has 0 heterocycles. The van der Waals surface area contributed by atoms with Gasteiger partial charge >= 0.3 is 0 Å². The summed E-state index contributed by atoms with van der Waals surface area (Å²) in [6, 6.07) is 0. The topological polar surface area (TPSA) is 52.6 Å². The van der Waals surface area contributed by atoms with Gasteiger partial charge in [-0.15, -0.1) is 0 Å². The SMILES string of the molecule is C[Si](C)(C)O[C@H]1C=C(CCC=CCCOC(=O)[Si](C)(C)C)C(=O)C1. The zero-order chi connectivity index (χ0) is 18.4. The summed E-state index contributed by atoms with van der Waals surface area (Å²) in [5, 5.41) is 0. The van der Waals surface area contributed by atoms with Crippen LogP contribution in [-0.2, 0) is 14.0 Å². The minimum absolute atomic E-state index is 0.0240. The van der Waals surface area contributed by atoms with Gasteiger partial charge in [0.2, 0.25) is 0 Å². The van der Waals surface area contributed by atoms with Gasteiger partial charge in [-0.3, -0.25) is 9.59 Å². The van der Waals surface area contributed by atoms with Crippen molar-refractivity contribution in [3.05, 3.63) is 23.8 Å². The molecule has 136 valence electrons. The van der Waals surface area contributed by atoms with Crippen LogP contribution >= 0.6 is 0 Å². The van der Waals surface area contributed by atoms with Crippen molar-refractivity contribution in [1.82, 2.24) is 0 Å². The van der Waals surface area contributed by atoms with Gasteiger partial charge in [0.05, 0.1) is 12.7 Å². The van der Waals surface area contributed by atoms with E-state index in [1.54, 1.807) is 0 Å². The van der Waals surface area contributed by atoms with Gasteiger partial charge in [-0.2, -0.15) is 0 Å². The fourth-order valence-electron chi connectivity index (χ4n) is 2.35. The number of carbonyl (C=O) groups is 2. The van der Waals surface area contributed by atoms with Gasteiger partial charge in [0, 0.05) is 6.42 Å². The van der Waals surface area contributed by atoms with Crippen molar-refractivity contribution in [2.24, 2.45) is 0 Å². The van der Waals surface area contributed by atoms with Gasteiger partial charge in [-0.1, -0.05) is 31.8 Å². The summed E-state index contributed by atoms with van der Waals surface area (Å²) in [5.74, 6) is 0.218. The number of carbonyl (C=O) groups excluding carboxylic acids is 2. The van der Waals surface area contributed by atoms with Gasteiger partial charge in [-0.05, 0) is 50.6 Å². The van der Waals surface area contributed by atoms with Crippen molar-refractivity contribution in [2.45, 2.75) is 71.1 Å². The van der Waals surface area contributed by atoms with E-state index in [2.05, 4.69) is 25.7 Å². The molecule has 0 spiro atoms. The molecular formula is C18H32O4Si2. The van der Waals surface area contributed by atoms with Gasteiger partial charge in [0.25, 0.3) is 5.59 Å². The van der Waals surface area contributed by atoms with Gasteiger partial charge in [-0.25, -0.2) is 0 Å². The first-order valence-corrected chi connectivity index (χ1v) is 15.6. The average molecular weight is 369 g/mol. The van der Waals surface area contributed by atoms with Crippen LogP contribution in [0.25, 0.3) is 0 Å². The summed E-state index contributed by atoms with van der Waals surface area (Å²) >= 11 is 0. The molecule has 0 N–H and O–H groups in total. The lowest BCUT2D eigenvalue weighted by Crippen LogP contribution is -2.34. The summed E-state index contributed by atoms with van der Waals surface area (Å²) in [6.45, 7) is 12.8. The molecule has 0 aromatic rings. The number of ether oxygens (including phenoxy) is 1. The molecule has 1 aliphatic rings. The standard InChI is InChI=1S/C18H32O4Si2/c1-23(2,3)18(20)21-12-10-8-7-9-11-15-13-16(14-17(15)19)22-24(4,5)6/h7-8,13,16H,9-12,14H2,1-6H3/t16-/m0/s1. The summed E-state index contributed by atoms with van der Waals surface area (Å²) in [6.07, 6.45) is 8.88. The molecule has 1 rings (SSSR count). The highest BCUT2D eigenvalue weighted by atomic mass is 28.4. The zero-order valence-electron chi connectivity index (χ0n) is 16.0. The van der Waals surface area contributed by atoms with Crippen LogP contribution in [0.4, 0.5) is 4.79 Å². The molecule has 0 radical (unpaired) electrons. The average Bonchev–Trinajstić information content (AvgIpc) is 2.74. The molecule has 0 saturated carbocycles. The number of allylic oxidation sites excluding steroid dienone is 2. The fourth-order valence-corrected chi connectivity index (χ4v) is 3.95.